The van der Waals surface area contributed by atoms with Crippen LogP contribution in [0.2, 0.25) is 0 Å². The number of allylic oxidation sites excluding steroid dienone is 22. The van der Waals surface area contributed by atoms with Crippen molar-refractivity contribution in [3.05, 3.63) is 134 Å². The van der Waals surface area contributed by atoms with Crippen LogP contribution in [0, 0.1) is 0 Å². The molecule has 0 saturated carbocycles. The lowest BCUT2D eigenvalue weighted by atomic mass is 10.1. The lowest BCUT2D eigenvalue weighted by Gasteiger charge is -2.18. The maximum Gasteiger partial charge on any atom is 0.306 e. The Bertz CT molecular complexity index is 1630. The predicted molar refractivity (Wildman–Crippen MR) is 329 cm³/mol. The fourth-order valence-electron chi connectivity index (χ4n) is 8.23. The van der Waals surface area contributed by atoms with E-state index in [0.29, 0.717) is 19.3 Å². The van der Waals surface area contributed by atoms with Crippen LogP contribution in [0.1, 0.15) is 271 Å². The largest absolute Gasteiger partial charge is 0.462 e. The molecule has 0 rings (SSSR count). The minimum Gasteiger partial charge on any atom is -0.462 e. The molecule has 0 heterocycles. The number of hydrogen-bond donors (Lipinski definition) is 0. The molecule has 6 nitrogen and oxygen atoms in total. The Labute approximate surface area is 468 Å². The van der Waals surface area contributed by atoms with Crippen molar-refractivity contribution in [2.45, 2.75) is 277 Å². The van der Waals surface area contributed by atoms with Crippen LogP contribution in [0.15, 0.2) is 134 Å². The van der Waals surface area contributed by atoms with Gasteiger partial charge in [0.05, 0.1) is 0 Å². The van der Waals surface area contributed by atoms with Crippen molar-refractivity contribution in [3.8, 4) is 0 Å². The average molecular weight is 1050 g/mol. The summed E-state index contributed by atoms with van der Waals surface area (Å²) >= 11 is 0. The molecule has 0 aliphatic carbocycles. The minimum atomic E-state index is -0.795. The highest BCUT2D eigenvalue weighted by Gasteiger charge is 2.19. The Morgan fingerprint density at radius 2 is 0.513 bits per heavy atom. The first-order chi connectivity index (χ1) is 37.5. The first-order valence-electron chi connectivity index (χ1n) is 31.2. The predicted octanol–water partition coefficient (Wildman–Crippen LogP) is 21.4. The second kappa shape index (κ2) is 63.1. The monoisotopic (exact) mass is 1050 g/mol. The Hall–Kier alpha value is -4.45. The molecule has 1 unspecified atom stereocenters. The molecule has 76 heavy (non-hydrogen) atoms. The van der Waals surface area contributed by atoms with E-state index in [4.69, 9.17) is 14.2 Å². The molecule has 0 amide bonds. The van der Waals surface area contributed by atoms with Crippen molar-refractivity contribution < 1.29 is 28.6 Å². The van der Waals surface area contributed by atoms with Crippen LogP contribution < -0.4 is 0 Å². The van der Waals surface area contributed by atoms with E-state index in [1.54, 1.807) is 0 Å². The summed E-state index contributed by atoms with van der Waals surface area (Å²) in [7, 11) is 0. The Kier molecular flexibility index (Phi) is 59.4. The number of carbonyl (C=O) groups is 3. The van der Waals surface area contributed by atoms with Gasteiger partial charge in [0.1, 0.15) is 13.2 Å². The number of rotatable bonds is 55. The summed E-state index contributed by atoms with van der Waals surface area (Å²) in [5.41, 5.74) is 0. The Morgan fingerprint density at radius 3 is 0.816 bits per heavy atom. The van der Waals surface area contributed by atoms with E-state index in [-0.39, 0.29) is 31.1 Å². The molecule has 430 valence electrons. The topological polar surface area (TPSA) is 78.9 Å². The zero-order valence-corrected chi connectivity index (χ0v) is 49.2. The number of carbonyl (C=O) groups excluding carboxylic acids is 3. The molecule has 0 aromatic heterocycles. The van der Waals surface area contributed by atoms with E-state index in [9.17, 15) is 14.4 Å². The molecular weight excluding hydrogens is 937 g/mol. The lowest BCUT2D eigenvalue weighted by Crippen LogP contribution is -2.30. The highest BCUT2D eigenvalue weighted by Crippen LogP contribution is 2.14. The molecule has 0 aromatic carbocycles. The van der Waals surface area contributed by atoms with Gasteiger partial charge in [-0.05, 0) is 122 Å². The molecule has 0 aliphatic rings. The third-order valence-corrected chi connectivity index (χ3v) is 12.9. The number of unbranched alkanes of at least 4 members (excludes halogenated alkanes) is 22. The van der Waals surface area contributed by atoms with Crippen molar-refractivity contribution in [1.82, 2.24) is 0 Å². The van der Waals surface area contributed by atoms with E-state index in [1.165, 1.54) is 70.6 Å². The molecule has 0 N–H and O–H groups in total. The third-order valence-electron chi connectivity index (χ3n) is 12.9. The fraction of sp³-hybridized carbons (Fsp3) is 0.643. The zero-order valence-electron chi connectivity index (χ0n) is 49.2. The van der Waals surface area contributed by atoms with Gasteiger partial charge in [0.25, 0.3) is 0 Å². The molecule has 6 heteroatoms. The van der Waals surface area contributed by atoms with Gasteiger partial charge >= 0.3 is 17.9 Å². The van der Waals surface area contributed by atoms with E-state index in [1.807, 2.05) is 0 Å². The highest BCUT2D eigenvalue weighted by molar-refractivity contribution is 5.71. The molecule has 1 atom stereocenters. The molecular formula is C70H114O6. The molecule has 0 fully saturated rings. The maximum absolute atomic E-state index is 12.8. The summed E-state index contributed by atoms with van der Waals surface area (Å²) < 4.78 is 16.8. The van der Waals surface area contributed by atoms with E-state index in [0.717, 1.165) is 161 Å². The summed E-state index contributed by atoms with van der Waals surface area (Å²) in [6.07, 6.45) is 88.9. The van der Waals surface area contributed by atoms with Crippen LogP contribution in [0.5, 0.6) is 0 Å². The van der Waals surface area contributed by atoms with Gasteiger partial charge in [0.15, 0.2) is 6.10 Å². The number of esters is 3. The first kappa shape index (κ1) is 71.5. The highest BCUT2D eigenvalue weighted by atomic mass is 16.6. The molecule has 0 spiro atoms. The van der Waals surface area contributed by atoms with Crippen LogP contribution in [-0.2, 0) is 28.6 Å². The van der Waals surface area contributed by atoms with Crippen molar-refractivity contribution in [3.63, 3.8) is 0 Å². The van der Waals surface area contributed by atoms with Crippen LogP contribution in [-0.4, -0.2) is 37.2 Å². The second-order valence-electron chi connectivity index (χ2n) is 20.2. The van der Waals surface area contributed by atoms with Crippen LogP contribution in [0.3, 0.4) is 0 Å². The van der Waals surface area contributed by atoms with Crippen LogP contribution in [0.4, 0.5) is 0 Å². The van der Waals surface area contributed by atoms with E-state index < -0.39 is 6.10 Å². The van der Waals surface area contributed by atoms with Gasteiger partial charge in [-0.3, -0.25) is 14.4 Å². The molecule has 0 aliphatic heterocycles. The standard InChI is InChI=1S/C70H114O6/c1-4-7-10-13-16-19-21-23-25-27-28-29-30-31-32-33-34-35-36-37-38-39-40-41-42-43-45-46-48-51-54-57-60-63-69(72)75-66-67(65-74-68(71)62-59-56-53-50-18-15-12-9-6-3)76-70(73)64-61-58-55-52-49-47-44-26-24-22-20-17-14-11-8-5-2/h7,10,16,19-20,22-23,25-26,28-29,31-32,34-35,37-38,40-41,43-45,67H,4-6,8-9,11-15,17-18,21,24,27,30,33,36,39,42,46-66H2,1-3H3/b10-7-,19-16-,22-20-,25-23-,29-28-,32-31-,35-34-,38-37-,41-40-,44-26-,45-43-. The van der Waals surface area contributed by atoms with Crippen LogP contribution >= 0.6 is 0 Å². The van der Waals surface area contributed by atoms with E-state index in [2.05, 4.69) is 154 Å². The zero-order chi connectivity index (χ0) is 55.0. The van der Waals surface area contributed by atoms with Gasteiger partial charge in [0.2, 0.25) is 0 Å². The van der Waals surface area contributed by atoms with Gasteiger partial charge in [-0.15, -0.1) is 0 Å². The number of hydrogen-bond acceptors (Lipinski definition) is 6. The van der Waals surface area contributed by atoms with Crippen molar-refractivity contribution in [2.75, 3.05) is 13.2 Å². The second-order valence-corrected chi connectivity index (χ2v) is 20.2. The average Bonchev–Trinajstić information content (AvgIpc) is 3.42. The minimum absolute atomic E-state index is 0.0913. The number of ether oxygens (including phenoxy) is 3. The van der Waals surface area contributed by atoms with Gasteiger partial charge in [-0.1, -0.05) is 264 Å². The summed E-state index contributed by atoms with van der Waals surface area (Å²) in [6, 6.07) is 0. The van der Waals surface area contributed by atoms with Crippen molar-refractivity contribution >= 4 is 17.9 Å². The quantitative estimate of drug-likeness (QED) is 0.0261. The SMILES string of the molecule is CC/C=C\C/C=C\C/C=C\C/C=C\C/C=C\C/C=C\C/C=C\C/C=C\C/C=C\CCCCCCCC(=O)OCC(COC(=O)CCCCCCCCCCC)OC(=O)CCCCCCC/C=C\C/C=C\CCCCCC. The first-order valence-corrected chi connectivity index (χ1v) is 31.2. The summed E-state index contributed by atoms with van der Waals surface area (Å²) in [4.78, 5) is 38.1. The summed E-state index contributed by atoms with van der Waals surface area (Å²) in [6.45, 7) is 6.46. The van der Waals surface area contributed by atoms with Gasteiger partial charge in [-0.25, -0.2) is 0 Å². The van der Waals surface area contributed by atoms with Crippen molar-refractivity contribution in [1.29, 1.82) is 0 Å². The Balaban J connectivity index is 4.27. The molecule has 0 saturated heterocycles. The third kappa shape index (κ3) is 60.4. The van der Waals surface area contributed by atoms with Crippen molar-refractivity contribution in [2.24, 2.45) is 0 Å². The fourth-order valence-corrected chi connectivity index (χ4v) is 8.23. The summed E-state index contributed by atoms with van der Waals surface area (Å²) in [5, 5.41) is 0. The van der Waals surface area contributed by atoms with E-state index >= 15 is 0 Å². The normalized spacial score (nSPS) is 13.0. The molecule has 0 radical (unpaired) electrons. The maximum atomic E-state index is 12.8. The molecule has 0 bridgehead atoms. The lowest BCUT2D eigenvalue weighted by molar-refractivity contribution is -0.167. The van der Waals surface area contributed by atoms with Gasteiger partial charge < -0.3 is 14.2 Å². The Morgan fingerprint density at radius 1 is 0.276 bits per heavy atom. The summed E-state index contributed by atoms with van der Waals surface area (Å²) in [5.74, 6) is -0.929. The smallest absolute Gasteiger partial charge is 0.306 e. The van der Waals surface area contributed by atoms with Gasteiger partial charge in [-0.2, -0.15) is 0 Å². The van der Waals surface area contributed by atoms with Crippen LogP contribution in [0.25, 0.3) is 0 Å². The molecule has 0 aromatic rings. The van der Waals surface area contributed by atoms with Gasteiger partial charge in [0, 0.05) is 19.3 Å².